The summed E-state index contributed by atoms with van der Waals surface area (Å²) in [5, 5.41) is 7.69. The Morgan fingerprint density at radius 1 is 1.38 bits per heavy atom. The minimum Gasteiger partial charge on any atom is -0.384 e. The molecule has 0 bridgehead atoms. The van der Waals surface area contributed by atoms with E-state index in [9.17, 15) is 0 Å². The molecule has 110 valence electrons. The lowest BCUT2D eigenvalue weighted by molar-refractivity contribution is 0.421. The third kappa shape index (κ3) is 3.51. The largest absolute Gasteiger partial charge is 0.384 e. The van der Waals surface area contributed by atoms with Crippen LogP contribution in [0.3, 0.4) is 0 Å². The molecule has 0 saturated heterocycles. The summed E-state index contributed by atoms with van der Waals surface area (Å²) in [4.78, 5) is 4.44. The van der Waals surface area contributed by atoms with E-state index >= 15 is 0 Å². The second-order valence-corrected chi connectivity index (χ2v) is 6.03. The molecule has 0 saturated carbocycles. The maximum absolute atomic E-state index is 4.44. The molecule has 21 heavy (non-hydrogen) atoms. The Morgan fingerprint density at radius 2 is 2.29 bits per heavy atom. The fourth-order valence-corrected chi connectivity index (χ4v) is 3.13. The standard InChI is InChI=1S/C17H22N4/c1-13-8-14(2)10-15(9-13)11-18-16-4-5-17(19-12-16)21-7-3-6-20-21/h3-8,12-13,15,18H,9-11H2,1-2H3. The highest BCUT2D eigenvalue weighted by Crippen LogP contribution is 2.28. The topological polar surface area (TPSA) is 42.7 Å². The summed E-state index contributed by atoms with van der Waals surface area (Å²) in [5.74, 6) is 2.26. The Hall–Kier alpha value is -2.10. The number of allylic oxidation sites excluding steroid dienone is 2. The summed E-state index contributed by atoms with van der Waals surface area (Å²) < 4.78 is 1.76. The maximum atomic E-state index is 4.44. The summed E-state index contributed by atoms with van der Waals surface area (Å²) in [6, 6.07) is 5.96. The predicted molar refractivity (Wildman–Crippen MR) is 85.5 cm³/mol. The lowest BCUT2D eigenvalue weighted by Crippen LogP contribution is -2.20. The molecular formula is C17H22N4. The van der Waals surface area contributed by atoms with E-state index in [1.807, 2.05) is 24.5 Å². The molecule has 2 atom stereocenters. The van der Waals surface area contributed by atoms with Gasteiger partial charge in [-0.2, -0.15) is 5.10 Å². The van der Waals surface area contributed by atoms with E-state index in [1.54, 1.807) is 10.9 Å². The number of aromatic nitrogens is 3. The SMILES string of the molecule is CC1=CC(C)CC(CNc2ccc(-n3cccn3)nc2)C1. The van der Waals surface area contributed by atoms with Crippen molar-refractivity contribution < 1.29 is 0 Å². The Labute approximate surface area is 125 Å². The van der Waals surface area contributed by atoms with Gasteiger partial charge in [0.2, 0.25) is 0 Å². The van der Waals surface area contributed by atoms with E-state index < -0.39 is 0 Å². The van der Waals surface area contributed by atoms with Crippen LogP contribution in [0.15, 0.2) is 48.4 Å². The van der Waals surface area contributed by atoms with Gasteiger partial charge in [-0.15, -0.1) is 0 Å². The molecule has 0 aromatic carbocycles. The van der Waals surface area contributed by atoms with Gasteiger partial charge in [0, 0.05) is 18.9 Å². The van der Waals surface area contributed by atoms with Gasteiger partial charge in [-0.3, -0.25) is 0 Å². The average molecular weight is 282 g/mol. The average Bonchev–Trinajstić information content (AvgIpc) is 2.99. The fourth-order valence-electron chi connectivity index (χ4n) is 3.13. The molecule has 2 aromatic rings. The van der Waals surface area contributed by atoms with E-state index in [1.165, 1.54) is 18.4 Å². The summed E-state index contributed by atoms with van der Waals surface area (Å²) in [6.45, 7) is 5.55. The first-order valence-electron chi connectivity index (χ1n) is 7.58. The molecule has 1 N–H and O–H groups in total. The van der Waals surface area contributed by atoms with Gasteiger partial charge in [-0.05, 0) is 49.8 Å². The first-order chi connectivity index (χ1) is 10.2. The second-order valence-electron chi connectivity index (χ2n) is 6.03. The normalized spacial score (nSPS) is 21.9. The van der Waals surface area contributed by atoms with Crippen molar-refractivity contribution in [3.63, 3.8) is 0 Å². The van der Waals surface area contributed by atoms with Crippen LogP contribution in [0.25, 0.3) is 5.82 Å². The van der Waals surface area contributed by atoms with E-state index in [2.05, 4.69) is 41.4 Å². The number of nitrogens with zero attached hydrogens (tertiary/aromatic N) is 3. The minimum absolute atomic E-state index is 0.700. The molecule has 2 unspecified atom stereocenters. The molecule has 0 aliphatic heterocycles. The van der Waals surface area contributed by atoms with Gasteiger partial charge in [0.25, 0.3) is 0 Å². The molecule has 0 amide bonds. The van der Waals surface area contributed by atoms with Crippen LogP contribution in [0.1, 0.15) is 26.7 Å². The molecule has 0 radical (unpaired) electrons. The molecule has 2 heterocycles. The Balaban J connectivity index is 1.58. The summed E-state index contributed by atoms with van der Waals surface area (Å²) in [6.07, 6.45) is 10.4. The van der Waals surface area contributed by atoms with Crippen LogP contribution in [0.5, 0.6) is 0 Å². The van der Waals surface area contributed by atoms with Crippen molar-refractivity contribution in [1.29, 1.82) is 0 Å². The molecule has 0 spiro atoms. The summed E-state index contributed by atoms with van der Waals surface area (Å²) in [7, 11) is 0. The zero-order valence-electron chi connectivity index (χ0n) is 12.7. The lowest BCUT2D eigenvalue weighted by Gasteiger charge is -2.25. The van der Waals surface area contributed by atoms with Gasteiger partial charge in [0.1, 0.15) is 0 Å². The van der Waals surface area contributed by atoms with Crippen LogP contribution in [0, 0.1) is 11.8 Å². The monoisotopic (exact) mass is 282 g/mol. The minimum atomic E-state index is 0.700. The smallest absolute Gasteiger partial charge is 0.153 e. The first-order valence-corrected chi connectivity index (χ1v) is 7.58. The number of pyridine rings is 1. The van der Waals surface area contributed by atoms with Crippen LogP contribution in [0.2, 0.25) is 0 Å². The third-order valence-corrected chi connectivity index (χ3v) is 3.97. The van der Waals surface area contributed by atoms with E-state index in [0.717, 1.165) is 24.0 Å². The molecule has 1 aliphatic carbocycles. The number of hydrogen-bond donors (Lipinski definition) is 1. The van der Waals surface area contributed by atoms with E-state index in [-0.39, 0.29) is 0 Å². The van der Waals surface area contributed by atoms with Crippen molar-refractivity contribution >= 4 is 5.69 Å². The molecule has 2 aromatic heterocycles. The summed E-state index contributed by atoms with van der Waals surface area (Å²) in [5.41, 5.74) is 2.60. The molecule has 3 rings (SSSR count). The number of rotatable bonds is 4. The van der Waals surface area contributed by atoms with Crippen molar-refractivity contribution in [1.82, 2.24) is 14.8 Å². The quantitative estimate of drug-likeness (QED) is 0.870. The van der Waals surface area contributed by atoms with Crippen molar-refractivity contribution in [3.8, 4) is 5.82 Å². The van der Waals surface area contributed by atoms with E-state index in [4.69, 9.17) is 0 Å². The summed E-state index contributed by atoms with van der Waals surface area (Å²) >= 11 is 0. The zero-order valence-corrected chi connectivity index (χ0v) is 12.7. The third-order valence-electron chi connectivity index (χ3n) is 3.97. The van der Waals surface area contributed by atoms with E-state index in [0.29, 0.717) is 5.92 Å². The first kappa shape index (κ1) is 13.9. The highest BCUT2D eigenvalue weighted by atomic mass is 15.3. The Morgan fingerprint density at radius 3 is 2.95 bits per heavy atom. The van der Waals surface area contributed by atoms with Gasteiger partial charge in [0.15, 0.2) is 5.82 Å². The van der Waals surface area contributed by atoms with Crippen LogP contribution in [-0.4, -0.2) is 21.3 Å². The number of anilines is 1. The van der Waals surface area contributed by atoms with Crippen LogP contribution in [0.4, 0.5) is 5.69 Å². The van der Waals surface area contributed by atoms with Gasteiger partial charge >= 0.3 is 0 Å². The number of nitrogens with one attached hydrogen (secondary N) is 1. The Bertz CT molecular complexity index is 598. The van der Waals surface area contributed by atoms with Crippen LogP contribution >= 0.6 is 0 Å². The van der Waals surface area contributed by atoms with Crippen molar-refractivity contribution in [2.75, 3.05) is 11.9 Å². The Kier molecular flexibility index (Phi) is 4.04. The maximum Gasteiger partial charge on any atom is 0.153 e. The molecule has 4 nitrogen and oxygen atoms in total. The second kappa shape index (κ2) is 6.12. The molecule has 1 aliphatic rings. The van der Waals surface area contributed by atoms with Crippen molar-refractivity contribution in [2.24, 2.45) is 11.8 Å². The van der Waals surface area contributed by atoms with Gasteiger partial charge in [0.05, 0.1) is 11.9 Å². The predicted octanol–water partition coefficient (Wildman–Crippen LogP) is 3.67. The van der Waals surface area contributed by atoms with Crippen LogP contribution in [-0.2, 0) is 0 Å². The van der Waals surface area contributed by atoms with Crippen molar-refractivity contribution in [2.45, 2.75) is 26.7 Å². The van der Waals surface area contributed by atoms with Gasteiger partial charge < -0.3 is 5.32 Å². The highest BCUT2D eigenvalue weighted by Gasteiger charge is 2.17. The van der Waals surface area contributed by atoms with Crippen LogP contribution < -0.4 is 5.32 Å². The molecule has 0 fully saturated rings. The van der Waals surface area contributed by atoms with Gasteiger partial charge in [-0.1, -0.05) is 18.6 Å². The number of hydrogen-bond acceptors (Lipinski definition) is 3. The lowest BCUT2D eigenvalue weighted by atomic mass is 9.84. The zero-order chi connectivity index (χ0) is 14.7. The van der Waals surface area contributed by atoms with Gasteiger partial charge in [-0.25, -0.2) is 9.67 Å². The molecular weight excluding hydrogens is 260 g/mol. The van der Waals surface area contributed by atoms with Crippen molar-refractivity contribution in [3.05, 3.63) is 48.4 Å². The highest BCUT2D eigenvalue weighted by molar-refractivity contribution is 5.43. The fraction of sp³-hybridized carbons (Fsp3) is 0.412. The molecule has 4 heteroatoms.